The van der Waals surface area contributed by atoms with Gasteiger partial charge in [0.2, 0.25) is 0 Å². The Hall–Kier alpha value is -6.23. The number of rotatable bonds is 8. The van der Waals surface area contributed by atoms with Gasteiger partial charge in [-0.1, -0.05) is 18.2 Å². The molecule has 0 bridgehead atoms. The average molecular weight is 643 g/mol. The number of anilines is 4. The maximum absolute atomic E-state index is 13.5. The normalized spacial score (nSPS) is 15.5. The number of benzene rings is 5. The summed E-state index contributed by atoms with van der Waals surface area (Å²) < 4.78 is 13.1. The summed E-state index contributed by atoms with van der Waals surface area (Å²) in [6, 6.07) is 29.2. The highest BCUT2D eigenvalue weighted by Crippen LogP contribution is 2.58. The summed E-state index contributed by atoms with van der Waals surface area (Å²) in [6.45, 7) is 7.69. The summed E-state index contributed by atoms with van der Waals surface area (Å²) in [6.07, 6.45) is 0. The van der Waals surface area contributed by atoms with Crippen LogP contribution in [0, 0.1) is 27.2 Å². The largest absolute Gasteiger partial charge is 0.456 e. The summed E-state index contributed by atoms with van der Waals surface area (Å²) in [5.74, 6) is 0.630. The van der Waals surface area contributed by atoms with E-state index in [1.165, 1.54) is 24.3 Å². The summed E-state index contributed by atoms with van der Waals surface area (Å²) in [5.41, 5.74) is 4.49. The van der Waals surface area contributed by atoms with Crippen LogP contribution in [0.1, 0.15) is 46.5 Å². The van der Waals surface area contributed by atoms with Crippen molar-refractivity contribution in [3.63, 3.8) is 0 Å². The van der Waals surface area contributed by atoms with Crippen molar-refractivity contribution in [2.24, 2.45) is 0 Å². The van der Waals surface area contributed by atoms with E-state index in [0.717, 1.165) is 24.3 Å². The predicted octanol–water partition coefficient (Wildman–Crippen LogP) is 8.70. The Morgan fingerprint density at radius 1 is 0.688 bits per heavy atom. The number of carbonyl (C=O) groups is 1. The maximum atomic E-state index is 13.5. The molecule has 2 aliphatic rings. The highest BCUT2D eigenvalue weighted by atomic mass is 16.6. The first-order valence-corrected chi connectivity index (χ1v) is 15.5. The summed E-state index contributed by atoms with van der Waals surface area (Å²) in [4.78, 5) is 39.6. The number of carbonyl (C=O) groups excluding carboxylic acids is 1. The average Bonchev–Trinajstić information content (AvgIpc) is 3.38. The molecule has 0 N–H and O–H groups in total. The lowest BCUT2D eigenvalue weighted by Crippen LogP contribution is -2.33. The van der Waals surface area contributed by atoms with Gasteiger partial charge in [-0.05, 0) is 80.9 Å². The molecule has 0 aliphatic carbocycles. The Morgan fingerprint density at radius 3 is 1.83 bits per heavy atom. The van der Waals surface area contributed by atoms with Crippen LogP contribution in [0.2, 0.25) is 0 Å². The lowest BCUT2D eigenvalue weighted by atomic mass is 9.77. The molecule has 7 rings (SSSR count). The summed E-state index contributed by atoms with van der Waals surface area (Å²) >= 11 is 0. The van der Waals surface area contributed by atoms with E-state index >= 15 is 0 Å². The van der Waals surface area contributed by atoms with Crippen molar-refractivity contribution in [2.75, 3.05) is 22.9 Å². The molecule has 11 nitrogen and oxygen atoms in total. The van der Waals surface area contributed by atoms with Crippen molar-refractivity contribution in [1.29, 1.82) is 0 Å². The first-order valence-electron chi connectivity index (χ1n) is 15.5. The molecule has 1 spiro atoms. The molecule has 2 aliphatic heterocycles. The Kier molecular flexibility index (Phi) is 7.31. The second-order valence-corrected chi connectivity index (χ2v) is 11.6. The van der Waals surface area contributed by atoms with E-state index in [9.17, 15) is 25.0 Å². The molecule has 0 fully saturated rings. The van der Waals surface area contributed by atoms with Crippen molar-refractivity contribution in [1.82, 2.24) is 0 Å². The van der Waals surface area contributed by atoms with Gasteiger partial charge >= 0.3 is 5.97 Å². The van der Waals surface area contributed by atoms with E-state index < -0.39 is 21.4 Å². The van der Waals surface area contributed by atoms with Crippen LogP contribution in [0.15, 0.2) is 103 Å². The smallest absolute Gasteiger partial charge is 0.340 e. The number of fused-ring (bicyclic) bond motifs is 6. The molecular formula is C37H30N4O7. The minimum absolute atomic E-state index is 0.0768. The van der Waals surface area contributed by atoms with Crippen LogP contribution in [0.3, 0.4) is 0 Å². The van der Waals surface area contributed by atoms with Crippen molar-refractivity contribution in [2.45, 2.75) is 26.4 Å². The molecule has 0 amide bonds. The van der Waals surface area contributed by atoms with Gasteiger partial charge in [0.25, 0.3) is 11.4 Å². The lowest BCUT2D eigenvalue weighted by molar-refractivity contribution is -0.385. The Bertz CT molecular complexity index is 2050. The number of esters is 1. The van der Waals surface area contributed by atoms with Crippen LogP contribution in [-0.4, -0.2) is 28.9 Å². The second kappa shape index (κ2) is 11.5. The van der Waals surface area contributed by atoms with Crippen LogP contribution >= 0.6 is 0 Å². The van der Waals surface area contributed by atoms with Gasteiger partial charge in [0, 0.05) is 82.9 Å². The molecule has 48 heavy (non-hydrogen) atoms. The SMILES string of the molecule is CCN(CC)c1ccc2c(c1)Oc1cc(C)c(N(c3ccc([N+](=O)[O-])cc3)c3ccc([N+](=O)[O-])cc3)cc1C21OC(=O)c2ccccc21. The molecule has 5 aromatic rings. The van der Waals surface area contributed by atoms with Gasteiger partial charge in [0.15, 0.2) is 5.60 Å². The van der Waals surface area contributed by atoms with E-state index in [-0.39, 0.29) is 11.4 Å². The van der Waals surface area contributed by atoms with Crippen LogP contribution in [0.5, 0.6) is 11.5 Å². The van der Waals surface area contributed by atoms with Crippen LogP contribution < -0.4 is 14.5 Å². The number of aryl methyl sites for hydroxylation is 1. The fraction of sp³-hybridized carbons (Fsp3) is 0.162. The molecule has 1 unspecified atom stereocenters. The van der Waals surface area contributed by atoms with Crippen LogP contribution in [-0.2, 0) is 10.3 Å². The Balaban J connectivity index is 1.48. The van der Waals surface area contributed by atoms with E-state index in [1.807, 2.05) is 54.3 Å². The van der Waals surface area contributed by atoms with Crippen LogP contribution in [0.25, 0.3) is 0 Å². The highest BCUT2D eigenvalue weighted by molar-refractivity contribution is 5.97. The third-order valence-corrected chi connectivity index (χ3v) is 9.02. The highest BCUT2D eigenvalue weighted by Gasteiger charge is 2.54. The van der Waals surface area contributed by atoms with E-state index in [1.54, 1.807) is 36.4 Å². The third kappa shape index (κ3) is 4.70. The topological polar surface area (TPSA) is 128 Å². The number of nitrogens with zero attached hydrogens (tertiary/aromatic N) is 4. The Labute approximate surface area is 275 Å². The summed E-state index contributed by atoms with van der Waals surface area (Å²) in [5, 5.41) is 22.9. The van der Waals surface area contributed by atoms with E-state index in [4.69, 9.17) is 9.47 Å². The van der Waals surface area contributed by atoms with Crippen molar-refractivity contribution < 1.29 is 24.1 Å². The monoisotopic (exact) mass is 642 g/mol. The first-order chi connectivity index (χ1) is 23.2. The minimum atomic E-state index is -1.34. The van der Waals surface area contributed by atoms with E-state index in [0.29, 0.717) is 50.8 Å². The van der Waals surface area contributed by atoms with Gasteiger partial charge in [0.05, 0.1) is 15.4 Å². The molecule has 0 radical (unpaired) electrons. The fourth-order valence-corrected chi connectivity index (χ4v) is 6.70. The second-order valence-electron chi connectivity index (χ2n) is 11.6. The Morgan fingerprint density at radius 2 is 1.25 bits per heavy atom. The maximum Gasteiger partial charge on any atom is 0.340 e. The minimum Gasteiger partial charge on any atom is -0.456 e. The first kappa shape index (κ1) is 30.4. The molecule has 0 saturated carbocycles. The van der Waals surface area contributed by atoms with Crippen LogP contribution in [0.4, 0.5) is 34.1 Å². The zero-order chi connectivity index (χ0) is 33.7. The number of nitro benzene ring substituents is 2. The van der Waals surface area contributed by atoms with Gasteiger partial charge in [0.1, 0.15) is 11.5 Å². The molecule has 1 atom stereocenters. The fourth-order valence-electron chi connectivity index (χ4n) is 6.70. The zero-order valence-corrected chi connectivity index (χ0v) is 26.4. The zero-order valence-electron chi connectivity index (χ0n) is 26.4. The van der Waals surface area contributed by atoms with Gasteiger partial charge in [-0.3, -0.25) is 20.2 Å². The van der Waals surface area contributed by atoms with Crippen molar-refractivity contribution >= 4 is 40.1 Å². The van der Waals surface area contributed by atoms with Gasteiger partial charge in [-0.15, -0.1) is 0 Å². The predicted molar refractivity (Wildman–Crippen MR) is 181 cm³/mol. The number of ether oxygens (including phenoxy) is 2. The molecular weight excluding hydrogens is 612 g/mol. The molecule has 240 valence electrons. The molecule has 5 aromatic carbocycles. The van der Waals surface area contributed by atoms with E-state index in [2.05, 4.69) is 18.7 Å². The lowest BCUT2D eigenvalue weighted by Gasteiger charge is -2.38. The molecule has 0 saturated heterocycles. The molecule has 11 heteroatoms. The third-order valence-electron chi connectivity index (χ3n) is 9.02. The number of nitro groups is 2. The van der Waals surface area contributed by atoms with Crippen molar-refractivity contribution in [3.8, 4) is 11.5 Å². The van der Waals surface area contributed by atoms with Gasteiger partial charge < -0.3 is 19.3 Å². The molecule has 2 heterocycles. The number of non-ortho nitro benzene ring substituents is 2. The quantitative estimate of drug-likeness (QED) is 0.0927. The van der Waals surface area contributed by atoms with Gasteiger partial charge in [-0.2, -0.15) is 0 Å². The number of hydrogen-bond acceptors (Lipinski definition) is 9. The van der Waals surface area contributed by atoms with Crippen molar-refractivity contribution in [3.05, 3.63) is 151 Å². The van der Waals surface area contributed by atoms with Gasteiger partial charge in [-0.25, -0.2) is 4.79 Å². The summed E-state index contributed by atoms with van der Waals surface area (Å²) in [7, 11) is 0. The molecule has 0 aromatic heterocycles. The standard InChI is InChI=1S/C37H30N4O7/c1-4-38(5-2)28-18-19-31-35(21-28)47-34-20-23(3)33(22-32(34)37(31)30-9-7-6-8-29(30)36(42)48-37)39(24-10-14-26(15-11-24)40(43)44)25-12-16-27(17-13-25)41(45)46/h6-22H,4-5H2,1-3H3. The number of hydrogen-bond donors (Lipinski definition) is 0.